The molecule has 2 N–H and O–H groups in total. The lowest BCUT2D eigenvalue weighted by molar-refractivity contribution is -0.274. The summed E-state index contributed by atoms with van der Waals surface area (Å²) >= 11 is 5.62. The van der Waals surface area contributed by atoms with E-state index in [1.165, 1.54) is 30.4 Å². The molecule has 2 aromatic rings. The summed E-state index contributed by atoms with van der Waals surface area (Å²) in [4.78, 5) is 28.5. The summed E-state index contributed by atoms with van der Waals surface area (Å²) in [5.74, 6) is -1.65. The third-order valence-electron chi connectivity index (χ3n) is 5.89. The van der Waals surface area contributed by atoms with E-state index in [1.54, 1.807) is 0 Å². The minimum absolute atomic E-state index is 0.0425. The molecular formula is C23H20ClF4N3O4. The number of ether oxygens (including phenoxy) is 2. The van der Waals surface area contributed by atoms with Crippen molar-refractivity contribution in [2.45, 2.75) is 43.1 Å². The van der Waals surface area contributed by atoms with Gasteiger partial charge in [0.25, 0.3) is 5.91 Å². The van der Waals surface area contributed by atoms with E-state index in [2.05, 4.69) is 20.4 Å². The fraction of sp³-hybridized carbons (Fsp3) is 0.348. The maximum absolute atomic E-state index is 13.5. The first-order valence-electron chi connectivity index (χ1n) is 10.6. The van der Waals surface area contributed by atoms with E-state index < -0.39 is 29.0 Å². The molecule has 0 radical (unpaired) electrons. The molecular weight excluding hydrogens is 494 g/mol. The Labute approximate surface area is 202 Å². The van der Waals surface area contributed by atoms with Crippen LogP contribution in [0.25, 0.3) is 6.08 Å². The molecule has 3 fully saturated rings. The Morgan fingerprint density at radius 1 is 1.09 bits per heavy atom. The maximum atomic E-state index is 13.5. The smallest absolute Gasteiger partial charge is 0.484 e. The Morgan fingerprint density at radius 2 is 1.77 bits per heavy atom. The Balaban J connectivity index is 1.23. The fourth-order valence-corrected chi connectivity index (χ4v) is 4.69. The molecule has 0 unspecified atom stereocenters. The molecule has 2 bridgehead atoms. The predicted octanol–water partition coefficient (Wildman–Crippen LogP) is 4.16. The summed E-state index contributed by atoms with van der Waals surface area (Å²) in [6.07, 6.45) is 1.21. The number of aromatic nitrogens is 1. The maximum Gasteiger partial charge on any atom is 0.573 e. The van der Waals surface area contributed by atoms with Gasteiger partial charge in [-0.2, -0.15) is 0 Å². The van der Waals surface area contributed by atoms with Crippen LogP contribution >= 0.6 is 11.6 Å². The highest BCUT2D eigenvalue weighted by atomic mass is 35.5. The zero-order valence-corrected chi connectivity index (χ0v) is 18.9. The molecule has 186 valence electrons. The summed E-state index contributed by atoms with van der Waals surface area (Å²) in [6.45, 7) is -0.287. The summed E-state index contributed by atoms with van der Waals surface area (Å²) in [7, 11) is 0. The fourth-order valence-electron chi connectivity index (χ4n) is 4.57. The van der Waals surface area contributed by atoms with E-state index in [4.69, 9.17) is 16.3 Å². The second-order valence-corrected chi connectivity index (χ2v) is 9.02. The van der Waals surface area contributed by atoms with Crippen LogP contribution in [0.15, 0.2) is 42.6 Å². The molecule has 0 spiro atoms. The lowest BCUT2D eigenvalue weighted by atomic mass is 9.71. The lowest BCUT2D eigenvalue weighted by Crippen LogP contribution is -2.64. The Bertz CT molecular complexity index is 1150. The first kappa shape index (κ1) is 24.8. The van der Waals surface area contributed by atoms with Crippen molar-refractivity contribution in [3.63, 3.8) is 0 Å². The molecule has 1 aromatic heterocycles. The van der Waals surface area contributed by atoms with Crippen LogP contribution in [0.1, 0.15) is 31.4 Å². The predicted molar refractivity (Wildman–Crippen MR) is 117 cm³/mol. The normalized spacial score (nSPS) is 23.0. The SMILES string of the molecule is O=C(/C=C/c1ccc(OC(F)(F)F)cn1)NC12CCC(NC(=O)COc3ccc(Cl)c(F)c3)(C1)C2. The van der Waals surface area contributed by atoms with Gasteiger partial charge < -0.3 is 20.1 Å². The first-order valence-corrected chi connectivity index (χ1v) is 10.9. The van der Waals surface area contributed by atoms with Crippen LogP contribution in [0.2, 0.25) is 5.02 Å². The largest absolute Gasteiger partial charge is 0.573 e. The van der Waals surface area contributed by atoms with E-state index in [9.17, 15) is 27.2 Å². The van der Waals surface area contributed by atoms with E-state index >= 15 is 0 Å². The van der Waals surface area contributed by atoms with E-state index in [-0.39, 0.29) is 34.9 Å². The van der Waals surface area contributed by atoms with Crippen molar-refractivity contribution in [2.24, 2.45) is 0 Å². The summed E-state index contributed by atoms with van der Waals surface area (Å²) in [5.41, 5.74) is -0.583. The number of nitrogens with zero attached hydrogens (tertiary/aromatic N) is 1. The van der Waals surface area contributed by atoms with Gasteiger partial charge >= 0.3 is 6.36 Å². The van der Waals surface area contributed by atoms with E-state index in [0.29, 0.717) is 25.7 Å². The van der Waals surface area contributed by atoms with Crippen LogP contribution in [-0.4, -0.2) is 40.8 Å². The van der Waals surface area contributed by atoms with Crippen LogP contribution in [0.4, 0.5) is 17.6 Å². The number of hydrogen-bond donors (Lipinski definition) is 2. The second-order valence-electron chi connectivity index (χ2n) is 8.62. The van der Waals surface area contributed by atoms with E-state index in [0.717, 1.165) is 18.3 Å². The van der Waals surface area contributed by atoms with Crippen LogP contribution in [0, 0.1) is 5.82 Å². The van der Waals surface area contributed by atoms with Crippen LogP contribution in [0.5, 0.6) is 11.5 Å². The molecule has 1 heterocycles. The van der Waals surface area contributed by atoms with Crippen molar-refractivity contribution < 1.29 is 36.6 Å². The third kappa shape index (κ3) is 6.21. The third-order valence-corrected chi connectivity index (χ3v) is 6.19. The zero-order chi connectivity index (χ0) is 25.3. The molecule has 3 saturated carbocycles. The molecule has 1 aromatic carbocycles. The number of benzene rings is 1. The highest BCUT2D eigenvalue weighted by Gasteiger charge is 2.61. The molecule has 0 aliphatic heterocycles. The summed E-state index contributed by atoms with van der Waals surface area (Å²) in [6, 6.07) is 6.29. The van der Waals surface area contributed by atoms with Gasteiger partial charge in [-0.3, -0.25) is 14.6 Å². The van der Waals surface area contributed by atoms with Gasteiger partial charge in [0, 0.05) is 23.2 Å². The Kier molecular flexibility index (Phi) is 6.63. The summed E-state index contributed by atoms with van der Waals surface area (Å²) in [5, 5.41) is 5.83. The van der Waals surface area contributed by atoms with Gasteiger partial charge in [0.2, 0.25) is 5.91 Å². The van der Waals surface area contributed by atoms with Crippen molar-refractivity contribution in [1.82, 2.24) is 15.6 Å². The number of alkyl halides is 3. The van der Waals surface area contributed by atoms with Gasteiger partial charge in [-0.05, 0) is 56.0 Å². The number of carbonyl (C=O) groups excluding carboxylic acids is 2. The molecule has 3 aliphatic carbocycles. The molecule has 0 saturated heterocycles. The number of nitrogens with one attached hydrogen (secondary N) is 2. The lowest BCUT2D eigenvalue weighted by Gasteiger charge is -2.47. The minimum atomic E-state index is -4.81. The van der Waals surface area contributed by atoms with Crippen LogP contribution < -0.4 is 20.1 Å². The number of pyridine rings is 1. The molecule has 35 heavy (non-hydrogen) atoms. The number of carbonyl (C=O) groups is 2. The van der Waals surface area contributed by atoms with E-state index in [1.807, 2.05) is 0 Å². The Morgan fingerprint density at radius 3 is 2.40 bits per heavy atom. The average Bonchev–Trinajstić information content (AvgIpc) is 3.27. The van der Waals surface area contributed by atoms with Gasteiger partial charge in [0.1, 0.15) is 17.3 Å². The van der Waals surface area contributed by atoms with Crippen LogP contribution in [0.3, 0.4) is 0 Å². The molecule has 5 rings (SSSR count). The Hall–Kier alpha value is -3.34. The number of fused-ring (bicyclic) bond motifs is 1. The minimum Gasteiger partial charge on any atom is -0.484 e. The van der Waals surface area contributed by atoms with Gasteiger partial charge in [0.05, 0.1) is 16.9 Å². The quantitative estimate of drug-likeness (QED) is 0.409. The van der Waals surface area contributed by atoms with Crippen molar-refractivity contribution in [3.05, 3.63) is 59.1 Å². The van der Waals surface area contributed by atoms with Crippen molar-refractivity contribution in [3.8, 4) is 11.5 Å². The first-order chi connectivity index (χ1) is 16.4. The van der Waals surface area contributed by atoms with Crippen molar-refractivity contribution >= 4 is 29.5 Å². The molecule has 0 atom stereocenters. The van der Waals surface area contributed by atoms with Gasteiger partial charge in [-0.15, -0.1) is 13.2 Å². The monoisotopic (exact) mass is 513 g/mol. The molecule has 12 heteroatoms. The van der Waals surface area contributed by atoms with Gasteiger partial charge in [-0.25, -0.2) is 4.39 Å². The number of rotatable bonds is 8. The molecule has 2 amide bonds. The van der Waals surface area contributed by atoms with Crippen molar-refractivity contribution in [1.29, 1.82) is 0 Å². The average molecular weight is 514 g/mol. The highest BCUT2D eigenvalue weighted by molar-refractivity contribution is 6.30. The highest BCUT2D eigenvalue weighted by Crippen LogP contribution is 2.55. The molecule has 3 aliphatic rings. The topological polar surface area (TPSA) is 89.5 Å². The summed E-state index contributed by atoms with van der Waals surface area (Å²) < 4.78 is 59.1. The standard InChI is InChI=1S/C23H20ClF4N3O4/c24-17-5-4-15(9-18(17)25)34-11-20(33)31-22-8-7-21(12-22,13-22)30-19(32)6-2-14-1-3-16(10-29-14)35-23(26,27)28/h1-6,9-10H,7-8,11-13H2,(H,30,32)(H,31,33)/b6-2+. The number of amides is 2. The molecule has 7 nitrogen and oxygen atoms in total. The zero-order valence-electron chi connectivity index (χ0n) is 18.1. The van der Waals surface area contributed by atoms with Crippen molar-refractivity contribution in [2.75, 3.05) is 6.61 Å². The number of hydrogen-bond acceptors (Lipinski definition) is 5. The van der Waals surface area contributed by atoms with Gasteiger partial charge in [0.15, 0.2) is 6.61 Å². The van der Waals surface area contributed by atoms with Crippen LogP contribution in [-0.2, 0) is 9.59 Å². The second kappa shape index (κ2) is 9.37. The van der Waals surface area contributed by atoms with Gasteiger partial charge in [-0.1, -0.05) is 11.6 Å². The number of halogens is 5.